The summed E-state index contributed by atoms with van der Waals surface area (Å²) in [6.45, 7) is 12.3. The summed E-state index contributed by atoms with van der Waals surface area (Å²) in [6, 6.07) is 6.81. The molecular weight excluding hydrogens is 423 g/mol. The van der Waals surface area contributed by atoms with Gasteiger partial charge in [0, 0.05) is 24.2 Å². The Morgan fingerprint density at radius 1 is 1.06 bits per heavy atom. The van der Waals surface area contributed by atoms with Crippen molar-refractivity contribution in [3.63, 3.8) is 0 Å². The second kappa shape index (κ2) is 11.5. The van der Waals surface area contributed by atoms with E-state index in [-0.39, 0.29) is 11.6 Å². The van der Waals surface area contributed by atoms with Crippen molar-refractivity contribution in [1.82, 2.24) is 15.0 Å². The van der Waals surface area contributed by atoms with Crippen LogP contribution in [0.3, 0.4) is 0 Å². The molecule has 0 aliphatic rings. The molecule has 3 aromatic rings. The van der Waals surface area contributed by atoms with Crippen LogP contribution in [0.2, 0.25) is 0 Å². The van der Waals surface area contributed by atoms with E-state index < -0.39 is 11.7 Å². The Kier molecular flexibility index (Phi) is 9.08. The molecule has 0 aliphatic carbocycles. The fraction of sp³-hybridized carbons (Fsp3) is 0.440. The van der Waals surface area contributed by atoms with Gasteiger partial charge < -0.3 is 15.2 Å². The van der Waals surface area contributed by atoms with Crippen molar-refractivity contribution in [1.29, 1.82) is 0 Å². The van der Waals surface area contributed by atoms with Crippen LogP contribution in [-0.4, -0.2) is 33.3 Å². The lowest BCUT2D eigenvalue weighted by Gasteiger charge is -2.16. The number of hydrogen-bond acceptors (Lipinski definition) is 6. The lowest BCUT2D eigenvalue weighted by Crippen LogP contribution is -2.27. The third-order valence-corrected chi connectivity index (χ3v) is 4.42. The molecule has 7 nitrogen and oxygen atoms in total. The van der Waals surface area contributed by atoms with E-state index in [2.05, 4.69) is 40.5 Å². The zero-order valence-corrected chi connectivity index (χ0v) is 20.1. The number of aromatic nitrogens is 3. The average Bonchev–Trinajstić information content (AvgIpc) is 2.70. The van der Waals surface area contributed by atoms with E-state index in [0.717, 1.165) is 17.5 Å². The fourth-order valence-corrected chi connectivity index (χ4v) is 3.30. The maximum Gasteiger partial charge on any atom is 0.405 e. The highest BCUT2D eigenvalue weighted by atomic mass is 19.1. The van der Waals surface area contributed by atoms with Gasteiger partial charge in [-0.1, -0.05) is 26.8 Å². The number of primary amides is 1. The van der Waals surface area contributed by atoms with Crippen molar-refractivity contribution in [3.8, 4) is 16.9 Å². The second-order valence-electron chi connectivity index (χ2n) is 9.31. The molecule has 178 valence electrons. The van der Waals surface area contributed by atoms with Gasteiger partial charge in [-0.3, -0.25) is 4.98 Å². The summed E-state index contributed by atoms with van der Waals surface area (Å²) in [5, 5.41) is 0. The summed E-state index contributed by atoms with van der Waals surface area (Å²) >= 11 is 0. The van der Waals surface area contributed by atoms with Crippen molar-refractivity contribution < 1.29 is 18.7 Å². The van der Waals surface area contributed by atoms with E-state index in [1.54, 1.807) is 45.4 Å². The highest BCUT2D eigenvalue weighted by Crippen LogP contribution is 2.29. The number of pyridine rings is 1. The van der Waals surface area contributed by atoms with Crippen LogP contribution in [0.25, 0.3) is 22.3 Å². The molecule has 8 heteroatoms. The molecule has 0 aliphatic heterocycles. The molecule has 1 unspecified atom stereocenters. The van der Waals surface area contributed by atoms with Crippen molar-refractivity contribution in [2.75, 3.05) is 6.61 Å². The van der Waals surface area contributed by atoms with Crippen molar-refractivity contribution >= 4 is 17.3 Å². The van der Waals surface area contributed by atoms with E-state index in [4.69, 9.17) is 10.5 Å². The van der Waals surface area contributed by atoms with Crippen LogP contribution in [-0.2, 0) is 4.74 Å². The number of hydrogen-bond donors (Lipinski definition) is 1. The third kappa shape index (κ3) is 8.63. The minimum atomic E-state index is -0.725. The first kappa shape index (κ1) is 26.0. The highest BCUT2D eigenvalue weighted by molar-refractivity contribution is 5.88. The summed E-state index contributed by atoms with van der Waals surface area (Å²) in [6.07, 6.45) is 5.19. The first-order chi connectivity index (χ1) is 15.5. The Balaban J connectivity index is 0.000000414. The summed E-state index contributed by atoms with van der Waals surface area (Å²) in [4.78, 5) is 22.7. The molecule has 0 spiro atoms. The van der Waals surface area contributed by atoms with E-state index in [1.165, 1.54) is 6.07 Å². The van der Waals surface area contributed by atoms with Crippen LogP contribution in [0.4, 0.5) is 9.18 Å². The zero-order chi connectivity index (χ0) is 24.6. The van der Waals surface area contributed by atoms with Gasteiger partial charge in [0.05, 0.1) is 6.61 Å². The lowest BCUT2D eigenvalue weighted by atomic mass is 10.00. The molecule has 1 amide bonds. The first-order valence-electron chi connectivity index (χ1n) is 10.9. The van der Waals surface area contributed by atoms with Crippen LogP contribution in [0.15, 0.2) is 42.9 Å². The molecule has 0 saturated heterocycles. The maximum atomic E-state index is 14.5. The fourth-order valence-electron chi connectivity index (χ4n) is 3.30. The predicted molar refractivity (Wildman–Crippen MR) is 127 cm³/mol. The number of nitrogens with two attached hydrogens (primary N) is 1. The molecule has 1 aromatic carbocycles. The molecule has 0 fully saturated rings. The minimum Gasteiger partial charge on any atom is -0.490 e. The Labute approximate surface area is 194 Å². The number of nitrogens with zero attached hydrogens (tertiary/aromatic N) is 3. The van der Waals surface area contributed by atoms with E-state index >= 15 is 0 Å². The molecule has 0 saturated carbocycles. The van der Waals surface area contributed by atoms with Crippen LogP contribution in [0.5, 0.6) is 5.75 Å². The van der Waals surface area contributed by atoms with Crippen LogP contribution in [0.1, 0.15) is 48.0 Å². The highest BCUT2D eigenvalue weighted by Gasteiger charge is 2.13. The summed E-state index contributed by atoms with van der Waals surface area (Å²) in [5.41, 5.74) is 7.00. The van der Waals surface area contributed by atoms with E-state index in [0.29, 0.717) is 29.6 Å². The number of halogens is 1. The predicted octanol–water partition coefficient (Wildman–Crippen LogP) is 5.77. The molecule has 2 aromatic heterocycles. The minimum absolute atomic E-state index is 0.281. The molecular formula is C25H33FN4O3. The summed E-state index contributed by atoms with van der Waals surface area (Å²) < 4.78 is 24.7. The number of amides is 1. The van der Waals surface area contributed by atoms with Crippen molar-refractivity contribution in [2.24, 2.45) is 17.6 Å². The van der Waals surface area contributed by atoms with Gasteiger partial charge in [0.25, 0.3) is 0 Å². The normalized spacial score (nSPS) is 12.1. The Bertz CT molecular complexity index is 1060. The van der Waals surface area contributed by atoms with Gasteiger partial charge in [0.1, 0.15) is 11.1 Å². The number of rotatable bonds is 6. The smallest absolute Gasteiger partial charge is 0.405 e. The second-order valence-corrected chi connectivity index (χ2v) is 9.31. The quantitative estimate of drug-likeness (QED) is 0.505. The molecule has 33 heavy (non-hydrogen) atoms. The van der Waals surface area contributed by atoms with Crippen LogP contribution >= 0.6 is 0 Å². The first-order valence-corrected chi connectivity index (χ1v) is 10.9. The zero-order valence-electron chi connectivity index (χ0n) is 20.1. The van der Waals surface area contributed by atoms with Gasteiger partial charge in [-0.15, -0.1) is 0 Å². The molecule has 3 rings (SSSR count). The standard InChI is InChI=1S/C20H22FN3O.C5H11NO2/c1-13(2)10-14(3)12-25-18-5-4-15(11-17(18)21)16-6-7-23-20-19(16)22-8-9-24-20;1-5(2,3)8-4(6)7/h4-9,11,13-14H,10,12H2,1-3H3;1-3H3,(H2,6,7). The van der Waals surface area contributed by atoms with Gasteiger partial charge in [-0.2, -0.15) is 0 Å². The molecule has 2 heterocycles. The van der Waals surface area contributed by atoms with Crippen molar-refractivity contribution in [3.05, 3.63) is 48.7 Å². The topological polar surface area (TPSA) is 100 Å². The maximum absolute atomic E-state index is 14.5. The lowest BCUT2D eigenvalue weighted by molar-refractivity contribution is 0.0600. The number of fused-ring (bicyclic) bond motifs is 1. The average molecular weight is 457 g/mol. The Hall–Kier alpha value is -3.29. The Morgan fingerprint density at radius 2 is 1.73 bits per heavy atom. The molecule has 0 bridgehead atoms. The number of carbonyl (C=O) groups is 1. The molecule has 2 N–H and O–H groups in total. The van der Waals surface area contributed by atoms with Gasteiger partial charge in [-0.05, 0) is 62.8 Å². The molecule has 1 atom stereocenters. The van der Waals surface area contributed by atoms with Crippen LogP contribution < -0.4 is 10.5 Å². The van der Waals surface area contributed by atoms with Gasteiger partial charge >= 0.3 is 6.09 Å². The number of benzene rings is 1. The SMILES string of the molecule is CC(C)(C)OC(N)=O.CC(C)CC(C)COc1ccc(-c2ccnc3nccnc23)cc1F. The van der Waals surface area contributed by atoms with Crippen molar-refractivity contribution in [2.45, 2.75) is 53.6 Å². The van der Waals surface area contributed by atoms with E-state index in [1.807, 2.05) is 12.1 Å². The van der Waals surface area contributed by atoms with Gasteiger partial charge in [-0.25, -0.2) is 19.2 Å². The number of carbonyl (C=O) groups excluding carboxylic acids is 1. The largest absolute Gasteiger partial charge is 0.490 e. The number of ether oxygens (including phenoxy) is 2. The van der Waals surface area contributed by atoms with E-state index in [9.17, 15) is 9.18 Å². The van der Waals surface area contributed by atoms with Gasteiger partial charge in [0.2, 0.25) is 0 Å². The molecule has 0 radical (unpaired) electrons. The summed E-state index contributed by atoms with van der Waals surface area (Å²) in [5.74, 6) is 0.900. The monoisotopic (exact) mass is 456 g/mol. The van der Waals surface area contributed by atoms with Gasteiger partial charge in [0.15, 0.2) is 17.2 Å². The summed E-state index contributed by atoms with van der Waals surface area (Å²) in [7, 11) is 0. The van der Waals surface area contributed by atoms with Crippen LogP contribution in [0, 0.1) is 17.7 Å². The third-order valence-electron chi connectivity index (χ3n) is 4.42. The Morgan fingerprint density at radius 3 is 2.30 bits per heavy atom.